The fraction of sp³-hybridized carbons (Fsp3) is 0.444. The molecule has 3 N–H and O–H groups in total. The first-order chi connectivity index (χ1) is 13.4. The molecule has 2 aromatic heterocycles. The van der Waals surface area contributed by atoms with Crippen LogP contribution in [0.15, 0.2) is 33.5 Å². The first kappa shape index (κ1) is 19.2. The number of carbonyl (C=O) groups is 1. The Balaban J connectivity index is 1.59. The van der Waals surface area contributed by atoms with Crippen LogP contribution in [0.25, 0.3) is 0 Å². The second-order valence-electron chi connectivity index (χ2n) is 7.10. The number of anilines is 1. The van der Waals surface area contributed by atoms with Crippen LogP contribution < -0.4 is 16.6 Å². The van der Waals surface area contributed by atoms with E-state index in [-0.39, 0.29) is 23.5 Å². The summed E-state index contributed by atoms with van der Waals surface area (Å²) in [5.74, 6) is 1.30. The van der Waals surface area contributed by atoms with Gasteiger partial charge in [-0.3, -0.25) is 9.59 Å². The number of aliphatic imine (C=N–C) groups is 1. The number of rotatable bonds is 3. The number of thioether (sulfide) groups is 1. The van der Waals surface area contributed by atoms with E-state index in [0.717, 1.165) is 17.2 Å². The molecular formula is C18H21N5O3S2. The number of fused-ring (bicyclic) bond motifs is 1. The van der Waals surface area contributed by atoms with Crippen molar-refractivity contribution in [1.29, 1.82) is 0 Å². The summed E-state index contributed by atoms with van der Waals surface area (Å²) in [5.41, 5.74) is 5.65. The topological polar surface area (TPSA) is 112 Å². The van der Waals surface area contributed by atoms with Gasteiger partial charge in [0.25, 0.3) is 5.91 Å². The monoisotopic (exact) mass is 419 g/mol. The number of pyridine rings is 1. The van der Waals surface area contributed by atoms with Crippen molar-refractivity contribution < 1.29 is 9.53 Å². The summed E-state index contributed by atoms with van der Waals surface area (Å²) in [6.07, 6.45) is 2.57. The van der Waals surface area contributed by atoms with Crippen molar-refractivity contribution in [2.45, 2.75) is 25.0 Å². The minimum absolute atomic E-state index is 0.171. The van der Waals surface area contributed by atoms with E-state index in [2.05, 4.69) is 17.2 Å². The lowest BCUT2D eigenvalue weighted by Gasteiger charge is -2.44. The van der Waals surface area contributed by atoms with Crippen LogP contribution in [0.1, 0.15) is 28.7 Å². The predicted octanol–water partition coefficient (Wildman–Crippen LogP) is 1.78. The number of nitrogens with zero attached hydrogens (tertiary/aromatic N) is 3. The van der Waals surface area contributed by atoms with Crippen molar-refractivity contribution >= 4 is 40.0 Å². The third-order valence-electron chi connectivity index (χ3n) is 5.09. The first-order valence-electron chi connectivity index (χ1n) is 8.91. The summed E-state index contributed by atoms with van der Waals surface area (Å²) >= 11 is 3.01. The van der Waals surface area contributed by atoms with Crippen LogP contribution in [0.2, 0.25) is 0 Å². The minimum Gasteiger partial charge on any atom is -0.379 e. The highest BCUT2D eigenvalue weighted by molar-refractivity contribution is 8.13. The summed E-state index contributed by atoms with van der Waals surface area (Å²) in [7, 11) is 1.60. The summed E-state index contributed by atoms with van der Waals surface area (Å²) in [4.78, 5) is 33.4. The molecule has 8 nitrogen and oxygen atoms in total. The molecule has 1 fully saturated rings. The van der Waals surface area contributed by atoms with Crippen molar-refractivity contribution in [2.24, 2.45) is 23.7 Å². The minimum atomic E-state index is -0.591. The lowest BCUT2D eigenvalue weighted by Crippen LogP contribution is -2.49. The summed E-state index contributed by atoms with van der Waals surface area (Å²) in [5, 5.41) is 5.93. The van der Waals surface area contributed by atoms with Gasteiger partial charge in [0.15, 0.2) is 5.17 Å². The molecule has 10 heteroatoms. The Morgan fingerprint density at radius 3 is 3.07 bits per heavy atom. The van der Waals surface area contributed by atoms with E-state index in [1.165, 1.54) is 34.2 Å². The van der Waals surface area contributed by atoms with Gasteiger partial charge in [-0.1, -0.05) is 11.8 Å². The molecule has 28 heavy (non-hydrogen) atoms. The lowest BCUT2D eigenvalue weighted by molar-refractivity contribution is -0.0466. The van der Waals surface area contributed by atoms with Gasteiger partial charge in [-0.25, -0.2) is 9.98 Å². The molecule has 2 aromatic rings. The fourth-order valence-electron chi connectivity index (χ4n) is 3.53. The second kappa shape index (κ2) is 7.34. The number of amidine groups is 1. The lowest BCUT2D eigenvalue weighted by atomic mass is 9.80. The Morgan fingerprint density at radius 2 is 2.29 bits per heavy atom. The van der Waals surface area contributed by atoms with E-state index < -0.39 is 5.54 Å². The van der Waals surface area contributed by atoms with Gasteiger partial charge in [0.05, 0.1) is 18.3 Å². The van der Waals surface area contributed by atoms with Crippen LogP contribution in [0, 0.1) is 5.92 Å². The van der Waals surface area contributed by atoms with Gasteiger partial charge in [0.1, 0.15) is 16.4 Å². The third-order valence-corrected chi connectivity index (χ3v) is 7.05. The highest BCUT2D eigenvalue weighted by Crippen LogP contribution is 2.46. The van der Waals surface area contributed by atoms with Gasteiger partial charge < -0.3 is 20.4 Å². The zero-order chi connectivity index (χ0) is 19.9. The average molecular weight is 420 g/mol. The first-order valence-corrected chi connectivity index (χ1v) is 10.8. The maximum Gasteiger partial charge on any atom is 0.258 e. The number of thiazole rings is 1. The summed E-state index contributed by atoms with van der Waals surface area (Å²) in [6, 6.07) is 2.86. The number of aryl methyl sites for hydroxylation is 1. The number of ether oxygens (including phenoxy) is 1. The van der Waals surface area contributed by atoms with Crippen molar-refractivity contribution in [3.63, 3.8) is 0 Å². The van der Waals surface area contributed by atoms with Crippen LogP contribution in [0.3, 0.4) is 0 Å². The molecule has 0 radical (unpaired) electrons. The smallest absolute Gasteiger partial charge is 0.258 e. The molecule has 0 spiro atoms. The van der Waals surface area contributed by atoms with Crippen LogP contribution in [0.4, 0.5) is 5.82 Å². The van der Waals surface area contributed by atoms with Gasteiger partial charge in [-0.05, 0) is 19.4 Å². The molecule has 2 aliphatic rings. The molecule has 148 valence electrons. The van der Waals surface area contributed by atoms with Crippen LogP contribution in [0.5, 0.6) is 0 Å². The summed E-state index contributed by atoms with van der Waals surface area (Å²) in [6.45, 7) is 2.50. The molecule has 2 aliphatic heterocycles. The van der Waals surface area contributed by atoms with Crippen LogP contribution in [-0.4, -0.2) is 39.1 Å². The molecule has 0 saturated carbocycles. The number of nitrogens with one attached hydrogen (secondary N) is 1. The molecule has 0 aliphatic carbocycles. The average Bonchev–Trinajstić information content (AvgIpc) is 3.13. The molecule has 0 bridgehead atoms. The van der Waals surface area contributed by atoms with E-state index in [9.17, 15) is 9.59 Å². The molecule has 1 saturated heterocycles. The molecular weight excluding hydrogens is 398 g/mol. The maximum absolute atomic E-state index is 12.5. The van der Waals surface area contributed by atoms with Crippen molar-refractivity contribution in [2.75, 3.05) is 17.7 Å². The fourth-order valence-corrected chi connectivity index (χ4v) is 5.50. The predicted molar refractivity (Wildman–Crippen MR) is 111 cm³/mol. The Morgan fingerprint density at radius 1 is 1.46 bits per heavy atom. The third kappa shape index (κ3) is 3.47. The quantitative estimate of drug-likeness (QED) is 0.784. The maximum atomic E-state index is 12.5. The highest BCUT2D eigenvalue weighted by atomic mass is 32.2. The van der Waals surface area contributed by atoms with Gasteiger partial charge in [0.2, 0.25) is 5.56 Å². The number of hydrogen-bond acceptors (Lipinski definition) is 8. The zero-order valence-corrected chi connectivity index (χ0v) is 17.2. The zero-order valence-electron chi connectivity index (χ0n) is 15.5. The van der Waals surface area contributed by atoms with Gasteiger partial charge in [0, 0.05) is 36.4 Å². The Bertz CT molecular complexity index is 1000. The summed E-state index contributed by atoms with van der Waals surface area (Å²) < 4.78 is 7.28. The normalized spacial score (nSPS) is 27.0. The van der Waals surface area contributed by atoms with Gasteiger partial charge in [-0.2, -0.15) is 0 Å². The van der Waals surface area contributed by atoms with Gasteiger partial charge >= 0.3 is 0 Å². The number of hydrogen-bond donors (Lipinski definition) is 2. The number of carbonyl (C=O) groups excluding carboxylic acids is 1. The molecule has 3 atom stereocenters. The SMILES string of the molecule is C[C@H]1C[C@H]2CSC(N)=NC2(c2nc(NC(=O)c3ccc(=O)n(C)c3)cs2)CO1. The Labute approximate surface area is 170 Å². The van der Waals surface area contributed by atoms with E-state index >= 15 is 0 Å². The Kier molecular flexibility index (Phi) is 5.02. The van der Waals surface area contributed by atoms with E-state index in [1.54, 1.807) is 24.2 Å². The van der Waals surface area contributed by atoms with Crippen molar-refractivity contribution in [3.05, 3.63) is 44.6 Å². The largest absolute Gasteiger partial charge is 0.379 e. The molecule has 0 aromatic carbocycles. The van der Waals surface area contributed by atoms with Crippen molar-refractivity contribution in [3.8, 4) is 0 Å². The molecule has 4 rings (SSSR count). The van der Waals surface area contributed by atoms with Gasteiger partial charge in [-0.15, -0.1) is 11.3 Å². The van der Waals surface area contributed by atoms with E-state index in [4.69, 9.17) is 15.5 Å². The molecule has 1 unspecified atom stereocenters. The van der Waals surface area contributed by atoms with Crippen LogP contribution >= 0.6 is 23.1 Å². The molecule has 4 heterocycles. The number of nitrogens with two attached hydrogens (primary N) is 1. The second-order valence-corrected chi connectivity index (χ2v) is 9.00. The van der Waals surface area contributed by atoms with E-state index in [1.807, 2.05) is 0 Å². The van der Waals surface area contributed by atoms with Crippen molar-refractivity contribution in [1.82, 2.24) is 9.55 Å². The number of amides is 1. The Hall–Kier alpha value is -2.17. The molecule has 1 amide bonds. The van der Waals surface area contributed by atoms with E-state index in [0.29, 0.717) is 23.2 Å². The van der Waals surface area contributed by atoms with Crippen LogP contribution in [-0.2, 0) is 17.3 Å². The number of aromatic nitrogens is 2. The standard InChI is InChI=1S/C18H21N5O3S2/c1-10-5-12-7-28-17(19)22-18(12,9-26-10)16-21-13(8-27-16)20-15(25)11-3-4-14(24)23(2)6-11/h3-4,6,8,10,12H,5,7,9H2,1-2H3,(H2,19,22)(H,20,25)/t10-,12-,18?/m0/s1. The highest BCUT2D eigenvalue weighted by Gasteiger charge is 2.49.